The molecular weight excluding hydrogens is 388 g/mol. The number of likely N-dealkylation sites (tertiary alicyclic amines) is 1. The highest BCUT2D eigenvalue weighted by atomic mass is 16.2. The molecule has 1 aliphatic rings. The number of nitrogens with one attached hydrogen (secondary N) is 1. The van der Waals surface area contributed by atoms with E-state index >= 15 is 0 Å². The third-order valence-electron chi connectivity index (χ3n) is 6.24. The van der Waals surface area contributed by atoms with Crippen LogP contribution in [0.5, 0.6) is 0 Å². The number of rotatable bonds is 5. The van der Waals surface area contributed by atoms with E-state index in [0.29, 0.717) is 13.0 Å². The molecule has 1 aromatic carbocycles. The summed E-state index contributed by atoms with van der Waals surface area (Å²) in [5.41, 5.74) is 6.04. The summed E-state index contributed by atoms with van der Waals surface area (Å²) < 4.78 is 1.71. The summed E-state index contributed by atoms with van der Waals surface area (Å²) >= 11 is 0. The zero-order valence-electron chi connectivity index (χ0n) is 17.7. The van der Waals surface area contributed by atoms with Gasteiger partial charge in [0, 0.05) is 60.0 Å². The first-order valence-electron chi connectivity index (χ1n) is 10.8. The van der Waals surface area contributed by atoms with Crippen molar-refractivity contribution in [2.45, 2.75) is 38.6 Å². The molecule has 31 heavy (non-hydrogen) atoms. The highest BCUT2D eigenvalue weighted by molar-refractivity contribution is 5.99. The van der Waals surface area contributed by atoms with Crippen molar-refractivity contribution in [2.75, 3.05) is 13.1 Å². The van der Waals surface area contributed by atoms with Gasteiger partial charge in [-0.15, -0.1) is 0 Å². The molecule has 0 spiro atoms. The molecule has 0 aliphatic carbocycles. The fourth-order valence-corrected chi connectivity index (χ4v) is 4.68. The first-order chi connectivity index (χ1) is 15.2. The maximum atomic E-state index is 12.9. The van der Waals surface area contributed by atoms with Gasteiger partial charge in [-0.25, -0.2) is 4.98 Å². The predicted molar refractivity (Wildman–Crippen MR) is 119 cm³/mol. The minimum Gasteiger partial charge on any atom is -0.357 e. The van der Waals surface area contributed by atoms with E-state index in [-0.39, 0.29) is 11.8 Å². The Morgan fingerprint density at radius 3 is 2.87 bits per heavy atom. The number of nitrogens with zero attached hydrogens (tertiary/aromatic N) is 5. The Morgan fingerprint density at radius 1 is 1.19 bits per heavy atom. The number of aromatic amines is 1. The van der Waals surface area contributed by atoms with Crippen molar-refractivity contribution in [3.63, 3.8) is 0 Å². The number of hydrogen-bond donors (Lipinski definition) is 1. The van der Waals surface area contributed by atoms with Gasteiger partial charge in [0.25, 0.3) is 0 Å². The van der Waals surface area contributed by atoms with E-state index in [0.717, 1.165) is 31.5 Å². The SMILES string of the molecule is Cc1cccc2c(-c3ccncc3)c([C@@H]3CCCN(C(=O)CCn4cncn4)C3)[nH]c12. The van der Waals surface area contributed by atoms with Crippen LogP contribution in [0.1, 0.15) is 36.4 Å². The van der Waals surface area contributed by atoms with E-state index in [2.05, 4.69) is 57.3 Å². The molecule has 1 fully saturated rings. The largest absolute Gasteiger partial charge is 0.357 e. The number of aromatic nitrogens is 5. The Bertz CT molecular complexity index is 1180. The van der Waals surface area contributed by atoms with E-state index in [9.17, 15) is 4.79 Å². The fraction of sp³-hybridized carbons (Fsp3) is 0.333. The van der Waals surface area contributed by atoms with Crippen LogP contribution < -0.4 is 0 Å². The summed E-state index contributed by atoms with van der Waals surface area (Å²) in [6, 6.07) is 10.6. The lowest BCUT2D eigenvalue weighted by molar-refractivity contribution is -0.132. The third kappa shape index (κ3) is 3.83. The van der Waals surface area contributed by atoms with Crippen LogP contribution in [0.2, 0.25) is 0 Å². The number of para-hydroxylation sites is 1. The quantitative estimate of drug-likeness (QED) is 0.537. The molecule has 4 heterocycles. The lowest BCUT2D eigenvalue weighted by atomic mass is 9.89. The highest BCUT2D eigenvalue weighted by Crippen LogP contribution is 2.40. The van der Waals surface area contributed by atoms with E-state index in [1.165, 1.54) is 34.1 Å². The number of carbonyl (C=O) groups is 1. The van der Waals surface area contributed by atoms with E-state index < -0.39 is 0 Å². The summed E-state index contributed by atoms with van der Waals surface area (Å²) in [6.07, 6.45) is 9.35. The number of piperidine rings is 1. The van der Waals surface area contributed by atoms with E-state index in [4.69, 9.17) is 0 Å². The van der Waals surface area contributed by atoms with Crippen LogP contribution in [-0.2, 0) is 11.3 Å². The van der Waals surface area contributed by atoms with Crippen molar-refractivity contribution in [1.82, 2.24) is 29.6 Å². The fourth-order valence-electron chi connectivity index (χ4n) is 4.68. The monoisotopic (exact) mass is 414 g/mol. The predicted octanol–water partition coefficient (Wildman–Crippen LogP) is 3.93. The smallest absolute Gasteiger partial charge is 0.224 e. The lowest BCUT2D eigenvalue weighted by Crippen LogP contribution is -2.39. The zero-order valence-corrected chi connectivity index (χ0v) is 17.7. The maximum Gasteiger partial charge on any atom is 0.224 e. The van der Waals surface area contributed by atoms with Crippen molar-refractivity contribution in [2.24, 2.45) is 0 Å². The Kier molecular flexibility index (Phi) is 5.24. The Hall–Kier alpha value is -3.48. The highest BCUT2D eigenvalue weighted by Gasteiger charge is 2.28. The minimum absolute atomic E-state index is 0.179. The molecule has 1 atom stereocenters. The number of aryl methyl sites for hydroxylation is 2. The van der Waals surface area contributed by atoms with Gasteiger partial charge in [0.05, 0.1) is 6.54 Å². The molecule has 7 nitrogen and oxygen atoms in total. The molecule has 5 rings (SSSR count). The van der Waals surface area contributed by atoms with Crippen LogP contribution in [-0.4, -0.2) is 48.6 Å². The maximum absolute atomic E-state index is 12.9. The molecule has 0 saturated carbocycles. The summed E-state index contributed by atoms with van der Waals surface area (Å²) in [6.45, 7) is 4.25. The van der Waals surface area contributed by atoms with Gasteiger partial charge in [-0.3, -0.25) is 14.5 Å². The molecule has 0 unspecified atom stereocenters. The Labute approximate surface area is 181 Å². The van der Waals surface area contributed by atoms with Crippen LogP contribution in [0.15, 0.2) is 55.4 Å². The van der Waals surface area contributed by atoms with Gasteiger partial charge in [0.15, 0.2) is 0 Å². The first-order valence-corrected chi connectivity index (χ1v) is 10.8. The standard InChI is InChI=1S/C24H26N6O/c1-17-4-2-6-20-22(18-7-10-25-11-8-18)24(28-23(17)20)19-5-3-12-29(14-19)21(31)9-13-30-16-26-15-27-30/h2,4,6-8,10-11,15-16,19,28H,3,5,9,12-14H2,1H3/t19-/m1/s1. The van der Waals surface area contributed by atoms with Crippen LogP contribution >= 0.6 is 0 Å². The molecule has 1 aliphatic heterocycles. The lowest BCUT2D eigenvalue weighted by Gasteiger charge is -2.33. The second-order valence-electron chi connectivity index (χ2n) is 8.23. The number of hydrogen-bond acceptors (Lipinski definition) is 4. The van der Waals surface area contributed by atoms with Crippen LogP contribution in [0.4, 0.5) is 0 Å². The Balaban J connectivity index is 1.44. The molecule has 0 radical (unpaired) electrons. The molecule has 1 amide bonds. The van der Waals surface area contributed by atoms with Gasteiger partial charge in [-0.05, 0) is 43.0 Å². The average Bonchev–Trinajstić information content (AvgIpc) is 3.47. The minimum atomic E-state index is 0.179. The van der Waals surface area contributed by atoms with Gasteiger partial charge < -0.3 is 9.88 Å². The average molecular weight is 415 g/mol. The molecule has 7 heteroatoms. The number of H-pyrrole nitrogens is 1. The number of fused-ring (bicyclic) bond motifs is 1. The zero-order chi connectivity index (χ0) is 21.2. The molecule has 158 valence electrons. The van der Waals surface area contributed by atoms with Gasteiger partial charge in [0.2, 0.25) is 5.91 Å². The third-order valence-corrected chi connectivity index (χ3v) is 6.24. The van der Waals surface area contributed by atoms with Gasteiger partial charge in [0.1, 0.15) is 12.7 Å². The molecule has 1 saturated heterocycles. The van der Waals surface area contributed by atoms with E-state index in [1.54, 1.807) is 11.0 Å². The molecule has 1 N–H and O–H groups in total. The van der Waals surface area contributed by atoms with Gasteiger partial charge in [-0.2, -0.15) is 5.10 Å². The number of pyridine rings is 1. The van der Waals surface area contributed by atoms with Crippen molar-refractivity contribution < 1.29 is 4.79 Å². The second kappa shape index (κ2) is 8.34. The topological polar surface area (TPSA) is 79.7 Å². The van der Waals surface area contributed by atoms with Crippen LogP contribution in [0, 0.1) is 6.92 Å². The molecular formula is C24H26N6O. The molecule has 3 aromatic heterocycles. The van der Waals surface area contributed by atoms with E-state index in [1.807, 2.05) is 17.3 Å². The van der Waals surface area contributed by atoms with Crippen molar-refractivity contribution >= 4 is 16.8 Å². The summed E-state index contributed by atoms with van der Waals surface area (Å²) in [5.74, 6) is 0.456. The first kappa shape index (κ1) is 19.5. The second-order valence-corrected chi connectivity index (χ2v) is 8.23. The normalized spacial score (nSPS) is 16.7. The summed E-state index contributed by atoms with van der Waals surface area (Å²) in [7, 11) is 0. The van der Waals surface area contributed by atoms with Crippen molar-refractivity contribution in [3.8, 4) is 11.1 Å². The van der Waals surface area contributed by atoms with Crippen molar-refractivity contribution in [1.29, 1.82) is 0 Å². The van der Waals surface area contributed by atoms with Crippen LogP contribution in [0.3, 0.4) is 0 Å². The van der Waals surface area contributed by atoms with Crippen LogP contribution in [0.25, 0.3) is 22.0 Å². The van der Waals surface area contributed by atoms with Crippen molar-refractivity contribution in [3.05, 3.63) is 66.6 Å². The van der Waals surface area contributed by atoms with Gasteiger partial charge >= 0.3 is 0 Å². The summed E-state index contributed by atoms with van der Waals surface area (Å²) in [4.78, 5) is 26.8. The van der Waals surface area contributed by atoms with Gasteiger partial charge in [-0.1, -0.05) is 18.2 Å². The molecule has 4 aromatic rings. The number of benzene rings is 1. The molecule has 0 bridgehead atoms. The summed E-state index contributed by atoms with van der Waals surface area (Å²) in [5, 5.41) is 5.33. The number of carbonyl (C=O) groups excluding carboxylic acids is 1. The number of amides is 1. The Morgan fingerprint density at radius 2 is 2.06 bits per heavy atom.